The van der Waals surface area contributed by atoms with Gasteiger partial charge in [0.05, 0.1) is 11.2 Å². The van der Waals surface area contributed by atoms with E-state index in [4.69, 9.17) is 9.26 Å². The number of amides is 1. The first-order chi connectivity index (χ1) is 12.6. The molecular weight excluding hydrogens is 332 g/mol. The van der Waals surface area contributed by atoms with E-state index in [1.807, 2.05) is 42.8 Å². The molecule has 26 heavy (non-hydrogen) atoms. The highest BCUT2D eigenvalue weighted by Gasteiger charge is 2.22. The smallest absolute Gasteiger partial charge is 0.279 e. The number of carbonyl (C=O) groups excluding carboxylic acids is 1. The Morgan fingerprint density at radius 1 is 1.27 bits per heavy atom. The molecule has 2 aromatic heterocycles. The van der Waals surface area contributed by atoms with Gasteiger partial charge in [0, 0.05) is 30.7 Å². The van der Waals surface area contributed by atoms with Crippen LogP contribution in [0.1, 0.15) is 34.6 Å². The molecule has 7 heteroatoms. The van der Waals surface area contributed by atoms with E-state index in [0.29, 0.717) is 17.5 Å². The Labute approximate surface area is 151 Å². The Hall–Kier alpha value is -2.67. The molecule has 1 aromatic carbocycles. The average Bonchev–Trinajstić information content (AvgIpc) is 3.18. The number of ether oxygens (including phenoxy) is 1. The van der Waals surface area contributed by atoms with E-state index >= 15 is 0 Å². The van der Waals surface area contributed by atoms with Gasteiger partial charge in [-0.05, 0) is 38.7 Å². The van der Waals surface area contributed by atoms with Crippen LogP contribution in [0.4, 0.5) is 5.88 Å². The molecule has 1 saturated heterocycles. The number of rotatable bonds is 4. The molecule has 0 aliphatic carbocycles. The van der Waals surface area contributed by atoms with Gasteiger partial charge in [0.2, 0.25) is 5.88 Å². The third-order valence-electron chi connectivity index (χ3n) is 5.03. The van der Waals surface area contributed by atoms with Crippen molar-refractivity contribution in [2.24, 2.45) is 5.92 Å². The van der Waals surface area contributed by atoms with Crippen LogP contribution in [0.2, 0.25) is 0 Å². The summed E-state index contributed by atoms with van der Waals surface area (Å²) >= 11 is 0. The third kappa shape index (κ3) is 3.10. The summed E-state index contributed by atoms with van der Waals surface area (Å²) in [5, 5.41) is 12.1. The predicted molar refractivity (Wildman–Crippen MR) is 97.2 cm³/mol. The Morgan fingerprint density at radius 3 is 2.77 bits per heavy atom. The van der Waals surface area contributed by atoms with Gasteiger partial charge in [-0.15, -0.1) is 0 Å². The molecule has 1 aliphatic rings. The summed E-state index contributed by atoms with van der Waals surface area (Å²) in [5.74, 6) is 0.601. The molecule has 1 N–H and O–H groups in total. The molecular formula is C19H22N4O3. The highest BCUT2D eigenvalue weighted by atomic mass is 16.5. The summed E-state index contributed by atoms with van der Waals surface area (Å²) in [7, 11) is 0. The summed E-state index contributed by atoms with van der Waals surface area (Å²) in [4.78, 5) is 12.8. The molecule has 7 nitrogen and oxygen atoms in total. The Kier molecular flexibility index (Phi) is 4.46. The molecule has 0 spiro atoms. The topological polar surface area (TPSA) is 82.2 Å². The van der Waals surface area contributed by atoms with Crippen molar-refractivity contribution >= 4 is 22.7 Å². The second kappa shape index (κ2) is 6.92. The van der Waals surface area contributed by atoms with Crippen LogP contribution in [0, 0.1) is 19.8 Å². The van der Waals surface area contributed by atoms with Crippen LogP contribution in [-0.2, 0) is 11.3 Å². The number of hydrogen-bond acceptors (Lipinski definition) is 5. The molecule has 3 aromatic rings. The van der Waals surface area contributed by atoms with E-state index < -0.39 is 0 Å². The summed E-state index contributed by atoms with van der Waals surface area (Å²) in [5.41, 5.74) is 2.95. The van der Waals surface area contributed by atoms with Gasteiger partial charge in [-0.1, -0.05) is 23.4 Å². The number of anilines is 1. The largest absolute Gasteiger partial charge is 0.381 e. The average molecular weight is 354 g/mol. The number of aromatic nitrogens is 3. The minimum absolute atomic E-state index is 0.286. The fourth-order valence-electron chi connectivity index (χ4n) is 3.30. The quantitative estimate of drug-likeness (QED) is 0.777. The second-order valence-corrected chi connectivity index (χ2v) is 6.78. The molecule has 1 fully saturated rings. The molecule has 0 atom stereocenters. The number of aryl methyl sites for hydroxylation is 1. The predicted octanol–water partition coefficient (Wildman–Crippen LogP) is 3.32. The molecule has 1 aliphatic heterocycles. The first kappa shape index (κ1) is 16.8. The monoisotopic (exact) mass is 354 g/mol. The lowest BCUT2D eigenvalue weighted by molar-refractivity contribution is 0.0605. The van der Waals surface area contributed by atoms with E-state index in [1.54, 1.807) is 0 Å². The highest BCUT2D eigenvalue weighted by Crippen LogP contribution is 2.24. The number of benzene rings is 1. The maximum Gasteiger partial charge on any atom is 0.279 e. The zero-order valence-corrected chi connectivity index (χ0v) is 15.0. The van der Waals surface area contributed by atoms with Gasteiger partial charge in [0.25, 0.3) is 5.91 Å². The summed E-state index contributed by atoms with van der Waals surface area (Å²) < 4.78 is 12.6. The Balaban J connectivity index is 1.64. The van der Waals surface area contributed by atoms with Crippen molar-refractivity contribution in [3.05, 3.63) is 41.2 Å². The zero-order chi connectivity index (χ0) is 18.1. The molecule has 0 unspecified atom stereocenters. The lowest BCUT2D eigenvalue weighted by Crippen LogP contribution is -2.21. The van der Waals surface area contributed by atoms with Crippen LogP contribution >= 0.6 is 0 Å². The van der Waals surface area contributed by atoms with Crippen LogP contribution in [0.15, 0.2) is 28.8 Å². The molecule has 4 rings (SSSR count). The van der Waals surface area contributed by atoms with Crippen molar-refractivity contribution in [2.75, 3.05) is 18.5 Å². The number of carbonyl (C=O) groups is 1. The maximum atomic E-state index is 12.8. The fraction of sp³-hybridized carbons (Fsp3) is 0.421. The first-order valence-corrected chi connectivity index (χ1v) is 8.91. The minimum Gasteiger partial charge on any atom is -0.381 e. The van der Waals surface area contributed by atoms with Crippen molar-refractivity contribution in [3.8, 4) is 0 Å². The number of hydrogen-bond donors (Lipinski definition) is 1. The number of nitrogens with one attached hydrogen (secondary N) is 1. The molecule has 3 heterocycles. The van der Waals surface area contributed by atoms with Crippen molar-refractivity contribution in [2.45, 2.75) is 33.2 Å². The number of nitrogens with zero attached hydrogens (tertiary/aromatic N) is 3. The Morgan fingerprint density at radius 2 is 2.04 bits per heavy atom. The van der Waals surface area contributed by atoms with Gasteiger partial charge in [-0.25, -0.2) is 0 Å². The third-order valence-corrected chi connectivity index (χ3v) is 5.03. The van der Waals surface area contributed by atoms with E-state index in [2.05, 4.69) is 15.6 Å². The first-order valence-electron chi connectivity index (χ1n) is 8.91. The molecule has 0 saturated carbocycles. The van der Waals surface area contributed by atoms with Crippen LogP contribution in [-0.4, -0.2) is 34.1 Å². The van der Waals surface area contributed by atoms with Crippen molar-refractivity contribution < 1.29 is 14.1 Å². The lowest BCUT2D eigenvalue weighted by Gasteiger charge is -2.22. The maximum absolute atomic E-state index is 12.8. The van der Waals surface area contributed by atoms with Gasteiger partial charge in [0.15, 0.2) is 5.69 Å². The van der Waals surface area contributed by atoms with E-state index in [0.717, 1.165) is 54.8 Å². The van der Waals surface area contributed by atoms with Crippen LogP contribution in [0.3, 0.4) is 0 Å². The zero-order valence-electron chi connectivity index (χ0n) is 15.0. The van der Waals surface area contributed by atoms with Crippen LogP contribution in [0.5, 0.6) is 0 Å². The van der Waals surface area contributed by atoms with Crippen molar-refractivity contribution in [1.29, 1.82) is 0 Å². The van der Waals surface area contributed by atoms with Crippen molar-refractivity contribution in [3.63, 3.8) is 0 Å². The second-order valence-electron chi connectivity index (χ2n) is 6.78. The molecule has 136 valence electrons. The van der Waals surface area contributed by atoms with Gasteiger partial charge in [0.1, 0.15) is 0 Å². The SMILES string of the molecule is Cc1noc(NC(=O)c2nn(CC3CCOCC3)c3ccccc23)c1C. The molecule has 0 radical (unpaired) electrons. The van der Waals surface area contributed by atoms with Crippen LogP contribution < -0.4 is 5.32 Å². The van der Waals surface area contributed by atoms with Gasteiger partial charge < -0.3 is 9.26 Å². The van der Waals surface area contributed by atoms with Gasteiger partial charge in [-0.3, -0.25) is 14.8 Å². The van der Waals surface area contributed by atoms with Gasteiger partial charge >= 0.3 is 0 Å². The molecule has 0 bridgehead atoms. The lowest BCUT2D eigenvalue weighted by atomic mass is 10.0. The number of fused-ring (bicyclic) bond motifs is 1. The van der Waals surface area contributed by atoms with E-state index in [1.165, 1.54) is 0 Å². The van der Waals surface area contributed by atoms with Crippen LogP contribution in [0.25, 0.3) is 10.9 Å². The minimum atomic E-state index is -0.286. The summed E-state index contributed by atoms with van der Waals surface area (Å²) in [6, 6.07) is 7.82. The standard InChI is InChI=1S/C19H22N4O3/c1-12-13(2)22-26-19(12)20-18(24)17-15-5-3-4-6-16(15)23(21-17)11-14-7-9-25-10-8-14/h3-6,14H,7-11H2,1-2H3,(H,20,24). The highest BCUT2D eigenvalue weighted by molar-refractivity contribution is 6.10. The van der Waals surface area contributed by atoms with E-state index in [-0.39, 0.29) is 5.91 Å². The number of para-hydroxylation sites is 1. The summed E-state index contributed by atoms with van der Waals surface area (Å²) in [6.07, 6.45) is 2.04. The van der Waals surface area contributed by atoms with E-state index in [9.17, 15) is 4.79 Å². The van der Waals surface area contributed by atoms with Crippen molar-refractivity contribution in [1.82, 2.24) is 14.9 Å². The summed E-state index contributed by atoms with van der Waals surface area (Å²) in [6.45, 7) is 6.08. The fourth-order valence-corrected chi connectivity index (χ4v) is 3.30. The molecule has 1 amide bonds. The van der Waals surface area contributed by atoms with Gasteiger partial charge in [-0.2, -0.15) is 5.10 Å². The normalized spacial score (nSPS) is 15.5. The Bertz CT molecular complexity index is 938.